The van der Waals surface area contributed by atoms with Crippen molar-refractivity contribution in [2.24, 2.45) is 0 Å². The highest BCUT2D eigenvalue weighted by Gasteiger charge is 2.44. The molecule has 2 aromatic rings. The van der Waals surface area contributed by atoms with Crippen LogP contribution >= 0.6 is 0 Å². The van der Waals surface area contributed by atoms with E-state index in [1.54, 1.807) is 24.3 Å². The molecule has 1 aliphatic rings. The van der Waals surface area contributed by atoms with Gasteiger partial charge in [-0.1, -0.05) is 30.3 Å². The number of esters is 1. The molecule has 1 saturated carbocycles. The third-order valence-corrected chi connectivity index (χ3v) is 4.39. The minimum absolute atomic E-state index is 0.0767. The van der Waals surface area contributed by atoms with Crippen molar-refractivity contribution in [3.63, 3.8) is 0 Å². The van der Waals surface area contributed by atoms with Gasteiger partial charge in [0.05, 0.1) is 12.7 Å². The standard InChI is InChI=1S/C19H20N2O3/c1-24-17(22)14-7-9-16(10-8-14)21-18(23)20-13-19(11-12-19)15-5-3-2-4-6-15/h2-10H,11-13H2,1H3,(H2,20,21,23). The normalized spacial score (nSPS) is 14.5. The van der Waals surface area contributed by atoms with Gasteiger partial charge in [0.15, 0.2) is 0 Å². The molecule has 0 aromatic heterocycles. The van der Waals surface area contributed by atoms with Crippen LogP contribution < -0.4 is 10.6 Å². The molecule has 1 fully saturated rings. The molecule has 124 valence electrons. The number of rotatable bonds is 5. The van der Waals surface area contributed by atoms with Crippen molar-refractivity contribution < 1.29 is 14.3 Å². The number of carbonyl (C=O) groups excluding carboxylic acids is 2. The molecule has 0 aliphatic heterocycles. The Morgan fingerprint density at radius 2 is 1.71 bits per heavy atom. The molecule has 2 amide bonds. The van der Waals surface area contributed by atoms with E-state index in [-0.39, 0.29) is 11.4 Å². The first-order valence-corrected chi connectivity index (χ1v) is 7.92. The number of ether oxygens (including phenoxy) is 1. The average molecular weight is 324 g/mol. The Morgan fingerprint density at radius 1 is 1.04 bits per heavy atom. The summed E-state index contributed by atoms with van der Waals surface area (Å²) >= 11 is 0. The smallest absolute Gasteiger partial charge is 0.337 e. The maximum Gasteiger partial charge on any atom is 0.337 e. The van der Waals surface area contributed by atoms with E-state index in [1.165, 1.54) is 12.7 Å². The Hall–Kier alpha value is -2.82. The van der Waals surface area contributed by atoms with Crippen LogP contribution in [0.25, 0.3) is 0 Å². The lowest BCUT2D eigenvalue weighted by Gasteiger charge is -2.17. The zero-order valence-electron chi connectivity index (χ0n) is 13.5. The third-order valence-electron chi connectivity index (χ3n) is 4.39. The van der Waals surface area contributed by atoms with Gasteiger partial charge >= 0.3 is 12.0 Å². The van der Waals surface area contributed by atoms with Gasteiger partial charge in [0, 0.05) is 17.6 Å². The Kier molecular flexibility index (Phi) is 4.51. The summed E-state index contributed by atoms with van der Waals surface area (Å²) in [5, 5.41) is 5.72. The molecule has 0 saturated heterocycles. The van der Waals surface area contributed by atoms with Crippen LogP contribution in [0.1, 0.15) is 28.8 Å². The zero-order valence-corrected chi connectivity index (χ0v) is 13.5. The predicted octanol–water partition coefficient (Wildman–Crippen LogP) is 3.33. The number of nitrogens with one attached hydrogen (secondary N) is 2. The first-order valence-electron chi connectivity index (χ1n) is 7.92. The van der Waals surface area contributed by atoms with Crippen molar-refractivity contribution in [3.8, 4) is 0 Å². The summed E-state index contributed by atoms with van der Waals surface area (Å²) in [5.74, 6) is -0.399. The summed E-state index contributed by atoms with van der Waals surface area (Å²) < 4.78 is 4.64. The average Bonchev–Trinajstić information content (AvgIpc) is 3.42. The van der Waals surface area contributed by atoms with E-state index >= 15 is 0 Å². The Bertz CT molecular complexity index is 722. The molecular weight excluding hydrogens is 304 g/mol. The van der Waals surface area contributed by atoms with Gasteiger partial charge < -0.3 is 15.4 Å². The number of hydrogen-bond donors (Lipinski definition) is 2. The molecule has 1 aliphatic carbocycles. The van der Waals surface area contributed by atoms with E-state index in [9.17, 15) is 9.59 Å². The first kappa shape index (κ1) is 16.1. The molecule has 5 heteroatoms. The maximum absolute atomic E-state index is 12.1. The Labute approximate surface area is 141 Å². The van der Waals surface area contributed by atoms with Crippen LogP contribution in [0.3, 0.4) is 0 Å². The van der Waals surface area contributed by atoms with Crippen LogP contribution in [0.4, 0.5) is 10.5 Å². The molecular formula is C19H20N2O3. The maximum atomic E-state index is 12.1. The van der Waals surface area contributed by atoms with Gasteiger partial charge in [-0.15, -0.1) is 0 Å². The molecule has 0 unspecified atom stereocenters. The summed E-state index contributed by atoms with van der Waals surface area (Å²) in [6.07, 6.45) is 2.18. The number of urea groups is 1. The summed E-state index contributed by atoms with van der Waals surface area (Å²) in [6.45, 7) is 0.614. The zero-order chi connectivity index (χ0) is 17.0. The summed E-state index contributed by atoms with van der Waals surface area (Å²) in [7, 11) is 1.34. The van der Waals surface area contributed by atoms with Crippen LogP contribution in [0.2, 0.25) is 0 Å². The number of anilines is 1. The van der Waals surface area contributed by atoms with Crippen LogP contribution in [0, 0.1) is 0 Å². The van der Waals surface area contributed by atoms with E-state index in [4.69, 9.17) is 0 Å². The predicted molar refractivity (Wildman–Crippen MR) is 92.2 cm³/mol. The topological polar surface area (TPSA) is 67.4 Å². The van der Waals surface area contributed by atoms with Gasteiger partial charge in [-0.05, 0) is 42.7 Å². The summed E-state index contributed by atoms with van der Waals surface area (Å²) in [5.41, 5.74) is 2.43. The fraction of sp³-hybridized carbons (Fsp3) is 0.263. The highest BCUT2D eigenvalue weighted by atomic mass is 16.5. The molecule has 2 aromatic carbocycles. The van der Waals surface area contributed by atoms with Gasteiger partial charge in [0.25, 0.3) is 0 Å². The van der Waals surface area contributed by atoms with Crippen molar-refractivity contribution in [1.82, 2.24) is 5.32 Å². The van der Waals surface area contributed by atoms with Crippen molar-refractivity contribution in [2.75, 3.05) is 19.0 Å². The monoisotopic (exact) mass is 324 g/mol. The number of amides is 2. The van der Waals surface area contributed by atoms with Gasteiger partial charge in [0.2, 0.25) is 0 Å². The SMILES string of the molecule is COC(=O)c1ccc(NC(=O)NCC2(c3ccccc3)CC2)cc1. The molecule has 2 N–H and O–H groups in total. The van der Waals surface area contributed by atoms with Crippen LogP contribution in [-0.4, -0.2) is 25.7 Å². The molecule has 0 radical (unpaired) electrons. The Balaban J connectivity index is 1.54. The minimum Gasteiger partial charge on any atom is -0.465 e. The largest absolute Gasteiger partial charge is 0.465 e. The quantitative estimate of drug-likeness (QED) is 0.829. The summed E-state index contributed by atoms with van der Waals surface area (Å²) in [6, 6.07) is 16.6. The number of carbonyl (C=O) groups is 2. The summed E-state index contributed by atoms with van der Waals surface area (Å²) in [4.78, 5) is 23.5. The number of benzene rings is 2. The Morgan fingerprint density at radius 3 is 2.29 bits per heavy atom. The first-order chi connectivity index (χ1) is 11.6. The fourth-order valence-corrected chi connectivity index (χ4v) is 2.74. The van der Waals surface area contributed by atoms with E-state index in [0.717, 1.165) is 12.8 Å². The second kappa shape index (κ2) is 6.74. The van der Waals surface area contributed by atoms with Crippen molar-refractivity contribution in [3.05, 3.63) is 65.7 Å². The van der Waals surface area contributed by atoms with Crippen LogP contribution in [0.15, 0.2) is 54.6 Å². The second-order valence-electron chi connectivity index (χ2n) is 6.02. The minimum atomic E-state index is -0.399. The molecule has 0 bridgehead atoms. The van der Waals surface area contributed by atoms with Gasteiger partial charge in [0.1, 0.15) is 0 Å². The lowest BCUT2D eigenvalue weighted by molar-refractivity contribution is 0.0601. The van der Waals surface area contributed by atoms with E-state index in [2.05, 4.69) is 27.5 Å². The lowest BCUT2D eigenvalue weighted by Crippen LogP contribution is -2.35. The van der Waals surface area contributed by atoms with Gasteiger partial charge in [-0.3, -0.25) is 0 Å². The molecule has 5 nitrogen and oxygen atoms in total. The fourth-order valence-electron chi connectivity index (χ4n) is 2.74. The van der Waals surface area contributed by atoms with Crippen molar-refractivity contribution in [1.29, 1.82) is 0 Å². The van der Waals surface area contributed by atoms with E-state index in [1.807, 2.05) is 18.2 Å². The van der Waals surface area contributed by atoms with Crippen molar-refractivity contribution >= 4 is 17.7 Å². The molecule has 24 heavy (non-hydrogen) atoms. The van der Waals surface area contributed by atoms with Crippen LogP contribution in [-0.2, 0) is 10.2 Å². The molecule has 0 spiro atoms. The second-order valence-corrected chi connectivity index (χ2v) is 6.02. The van der Waals surface area contributed by atoms with Crippen molar-refractivity contribution in [2.45, 2.75) is 18.3 Å². The highest BCUT2D eigenvalue weighted by molar-refractivity contribution is 5.92. The molecule has 0 heterocycles. The third kappa shape index (κ3) is 3.56. The van der Waals surface area contributed by atoms with Gasteiger partial charge in [-0.25, -0.2) is 9.59 Å². The lowest BCUT2D eigenvalue weighted by atomic mass is 9.96. The van der Waals surface area contributed by atoms with Gasteiger partial charge in [-0.2, -0.15) is 0 Å². The van der Waals surface area contributed by atoms with E-state index < -0.39 is 5.97 Å². The van der Waals surface area contributed by atoms with Crippen LogP contribution in [0.5, 0.6) is 0 Å². The molecule has 0 atom stereocenters. The molecule has 3 rings (SSSR count). The van der Waals surface area contributed by atoms with E-state index in [0.29, 0.717) is 17.8 Å². The highest BCUT2D eigenvalue weighted by Crippen LogP contribution is 2.47. The number of methoxy groups -OCH3 is 1. The number of hydrogen-bond acceptors (Lipinski definition) is 3.